The number of nitrogens with one attached hydrogen (secondary N) is 2. The van der Waals surface area contributed by atoms with Crippen LogP contribution in [0.25, 0.3) is 11.3 Å². The third kappa shape index (κ3) is 8.00. The van der Waals surface area contributed by atoms with E-state index in [1.54, 1.807) is 18.6 Å². The van der Waals surface area contributed by atoms with Gasteiger partial charge in [-0.15, -0.1) is 11.3 Å². The minimum Gasteiger partial charge on any atom is -0.469 e. The summed E-state index contributed by atoms with van der Waals surface area (Å²) in [7, 11) is 1.43. The molecule has 0 saturated heterocycles. The summed E-state index contributed by atoms with van der Waals surface area (Å²) in [4.78, 5) is 43.1. The zero-order valence-corrected chi connectivity index (χ0v) is 25.6. The highest BCUT2D eigenvalue weighted by molar-refractivity contribution is 7.13. The first-order valence-corrected chi connectivity index (χ1v) is 14.9. The van der Waals surface area contributed by atoms with Crippen molar-refractivity contribution in [1.29, 1.82) is 0 Å². The standard InChI is InChI=1S/C31H39N7O3S/c1-19-14-21(6-7-22(19)16-35-27(39)26-18-36-29(42-26)31(2,3)4)25-12-13-33-30(38-25)37-24(15-32)17-34-23-10-8-20(9-11-23)28(40)41-5/h6-7,12-15,17-18,20,23H,8-11,16,32H2,1-5H3,(H,35,39)(H,33,37,38). The van der Waals surface area contributed by atoms with Crippen LogP contribution in [0.4, 0.5) is 5.95 Å². The number of benzene rings is 1. The molecule has 4 rings (SSSR count). The first-order chi connectivity index (χ1) is 20.1. The molecule has 0 radical (unpaired) electrons. The predicted octanol–water partition coefficient (Wildman–Crippen LogP) is 5.15. The molecule has 0 atom stereocenters. The maximum absolute atomic E-state index is 12.7. The van der Waals surface area contributed by atoms with Crippen LogP contribution in [0.5, 0.6) is 0 Å². The largest absolute Gasteiger partial charge is 0.469 e. The van der Waals surface area contributed by atoms with E-state index >= 15 is 0 Å². The number of carbonyl (C=O) groups is 2. The van der Waals surface area contributed by atoms with Gasteiger partial charge in [-0.05, 0) is 55.9 Å². The third-order valence-electron chi connectivity index (χ3n) is 7.20. The number of anilines is 1. The predicted molar refractivity (Wildman–Crippen MR) is 166 cm³/mol. The SMILES string of the molecule is COC(=O)C1CCC(N=CC(=CN)Nc2nccc(-c3ccc(CNC(=O)c4cnc(C(C)(C)C)s4)c(C)c3)n2)CC1. The van der Waals surface area contributed by atoms with E-state index in [-0.39, 0.29) is 29.3 Å². The molecule has 1 aromatic carbocycles. The molecule has 2 aromatic heterocycles. The van der Waals surface area contributed by atoms with Gasteiger partial charge in [0.1, 0.15) is 4.88 Å². The number of hydrogen-bond donors (Lipinski definition) is 3. The molecule has 3 aromatic rings. The second-order valence-electron chi connectivity index (χ2n) is 11.4. The van der Waals surface area contributed by atoms with Gasteiger partial charge in [-0.1, -0.05) is 32.9 Å². The van der Waals surface area contributed by atoms with Gasteiger partial charge in [0.05, 0.1) is 41.7 Å². The average Bonchev–Trinajstić information content (AvgIpc) is 3.50. The molecule has 42 heavy (non-hydrogen) atoms. The van der Waals surface area contributed by atoms with Crippen molar-refractivity contribution in [2.24, 2.45) is 16.6 Å². The summed E-state index contributed by atoms with van der Waals surface area (Å²) >= 11 is 1.43. The quantitative estimate of drug-likeness (QED) is 0.230. The van der Waals surface area contributed by atoms with E-state index in [9.17, 15) is 9.59 Å². The van der Waals surface area contributed by atoms with Gasteiger partial charge in [0.2, 0.25) is 5.95 Å². The highest BCUT2D eigenvalue weighted by atomic mass is 32.1. The molecule has 11 heteroatoms. The van der Waals surface area contributed by atoms with Gasteiger partial charge >= 0.3 is 5.97 Å². The van der Waals surface area contributed by atoms with Crippen molar-refractivity contribution in [3.8, 4) is 11.3 Å². The maximum Gasteiger partial charge on any atom is 0.308 e. The Kier molecular flexibility index (Phi) is 10.1. The summed E-state index contributed by atoms with van der Waals surface area (Å²) in [6.07, 6.45) is 9.64. The Bertz CT molecular complexity index is 1470. The van der Waals surface area contributed by atoms with Crippen LogP contribution in [0.1, 0.15) is 72.3 Å². The van der Waals surface area contributed by atoms with Crippen LogP contribution in [-0.4, -0.2) is 46.2 Å². The van der Waals surface area contributed by atoms with Gasteiger partial charge in [-0.25, -0.2) is 15.0 Å². The van der Waals surface area contributed by atoms with Crippen molar-refractivity contribution in [2.45, 2.75) is 71.4 Å². The molecule has 0 unspecified atom stereocenters. The van der Waals surface area contributed by atoms with Crippen LogP contribution in [0.3, 0.4) is 0 Å². The number of hydrogen-bond acceptors (Lipinski definition) is 10. The van der Waals surface area contributed by atoms with Crippen molar-refractivity contribution in [1.82, 2.24) is 20.3 Å². The van der Waals surface area contributed by atoms with Crippen LogP contribution in [0.15, 0.2) is 53.5 Å². The Morgan fingerprint density at radius 2 is 1.93 bits per heavy atom. The Hall–Kier alpha value is -4.12. The van der Waals surface area contributed by atoms with Gasteiger partial charge in [-0.2, -0.15) is 0 Å². The van der Waals surface area contributed by atoms with Gasteiger partial charge in [0, 0.05) is 36.1 Å². The monoisotopic (exact) mass is 589 g/mol. The number of aliphatic imine (C=N–C) groups is 1. The van der Waals surface area contributed by atoms with Crippen LogP contribution >= 0.6 is 11.3 Å². The second kappa shape index (κ2) is 13.7. The number of rotatable bonds is 9. The molecule has 2 heterocycles. The number of amides is 1. The summed E-state index contributed by atoms with van der Waals surface area (Å²) in [5, 5.41) is 7.08. The van der Waals surface area contributed by atoms with Crippen molar-refractivity contribution < 1.29 is 14.3 Å². The summed E-state index contributed by atoms with van der Waals surface area (Å²) in [5.41, 5.74) is 10.1. The van der Waals surface area contributed by atoms with E-state index in [0.29, 0.717) is 23.1 Å². The first kappa shape index (κ1) is 30.8. The zero-order chi connectivity index (χ0) is 30.3. The number of nitrogens with zero attached hydrogens (tertiary/aromatic N) is 4. The molecule has 1 fully saturated rings. The minimum absolute atomic E-state index is 0.0395. The number of carbonyl (C=O) groups excluding carboxylic acids is 2. The summed E-state index contributed by atoms with van der Waals surface area (Å²) < 4.78 is 4.86. The number of allylic oxidation sites excluding steroid dienone is 1. The number of esters is 1. The Morgan fingerprint density at radius 1 is 1.17 bits per heavy atom. The molecule has 1 aliphatic rings. The lowest BCUT2D eigenvalue weighted by atomic mass is 9.86. The van der Waals surface area contributed by atoms with E-state index in [1.165, 1.54) is 24.6 Å². The molecule has 222 valence electrons. The van der Waals surface area contributed by atoms with E-state index in [2.05, 4.69) is 51.3 Å². The fourth-order valence-corrected chi connectivity index (χ4v) is 5.57. The minimum atomic E-state index is -0.142. The fraction of sp³-hybridized carbons (Fsp3) is 0.419. The molecule has 0 bridgehead atoms. The molecule has 1 saturated carbocycles. The van der Waals surface area contributed by atoms with E-state index in [4.69, 9.17) is 10.5 Å². The number of nitrogens with two attached hydrogens (primary N) is 1. The molecule has 1 amide bonds. The van der Waals surface area contributed by atoms with E-state index in [1.807, 2.05) is 31.2 Å². The molecule has 1 aliphatic carbocycles. The zero-order valence-electron chi connectivity index (χ0n) is 24.8. The maximum atomic E-state index is 12.7. The fourth-order valence-electron chi connectivity index (χ4n) is 4.68. The van der Waals surface area contributed by atoms with Gasteiger partial charge < -0.3 is 21.1 Å². The average molecular weight is 590 g/mol. The molecule has 0 aliphatic heterocycles. The van der Waals surface area contributed by atoms with Gasteiger partial charge in [-0.3, -0.25) is 14.6 Å². The van der Waals surface area contributed by atoms with Gasteiger partial charge in [0.15, 0.2) is 0 Å². The molecule has 10 nitrogen and oxygen atoms in total. The Balaban J connectivity index is 1.35. The Morgan fingerprint density at radius 3 is 2.57 bits per heavy atom. The number of thiazole rings is 1. The second-order valence-corrected chi connectivity index (χ2v) is 12.5. The van der Waals surface area contributed by atoms with Crippen LogP contribution in [0, 0.1) is 12.8 Å². The number of methoxy groups -OCH3 is 1. The normalized spacial score (nSPS) is 17.7. The third-order valence-corrected chi connectivity index (χ3v) is 8.62. The lowest BCUT2D eigenvalue weighted by Gasteiger charge is -2.24. The van der Waals surface area contributed by atoms with Crippen LogP contribution in [0.2, 0.25) is 0 Å². The van der Waals surface area contributed by atoms with E-state index in [0.717, 1.165) is 53.1 Å². The lowest BCUT2D eigenvalue weighted by Crippen LogP contribution is -2.24. The van der Waals surface area contributed by atoms with Crippen LogP contribution < -0.4 is 16.4 Å². The van der Waals surface area contributed by atoms with Crippen molar-refractivity contribution in [3.05, 3.63) is 69.6 Å². The summed E-state index contributed by atoms with van der Waals surface area (Å²) in [5.74, 6) is 0.0942. The van der Waals surface area contributed by atoms with Crippen molar-refractivity contribution in [3.63, 3.8) is 0 Å². The molecule has 0 spiro atoms. The lowest BCUT2D eigenvalue weighted by molar-refractivity contribution is -0.146. The topological polar surface area (TPSA) is 144 Å². The number of ether oxygens (including phenoxy) is 1. The smallest absolute Gasteiger partial charge is 0.308 e. The highest BCUT2D eigenvalue weighted by Gasteiger charge is 2.26. The number of aryl methyl sites for hydroxylation is 1. The molecular formula is C31H39N7O3S. The number of aromatic nitrogens is 3. The summed E-state index contributed by atoms with van der Waals surface area (Å²) in [6, 6.07) is 8.00. The molecule has 4 N–H and O–H groups in total. The van der Waals surface area contributed by atoms with E-state index < -0.39 is 0 Å². The first-order valence-electron chi connectivity index (χ1n) is 14.0. The molecular weight excluding hydrogens is 550 g/mol. The van der Waals surface area contributed by atoms with Crippen molar-refractivity contribution >= 4 is 35.4 Å². The van der Waals surface area contributed by atoms with Crippen molar-refractivity contribution in [2.75, 3.05) is 12.4 Å². The van der Waals surface area contributed by atoms with Crippen LogP contribution in [-0.2, 0) is 21.5 Å². The Labute approximate surface area is 250 Å². The highest BCUT2D eigenvalue weighted by Crippen LogP contribution is 2.28. The van der Waals surface area contributed by atoms with Gasteiger partial charge in [0.25, 0.3) is 5.91 Å². The summed E-state index contributed by atoms with van der Waals surface area (Å²) in [6.45, 7) is 8.68.